The zero-order valence-corrected chi connectivity index (χ0v) is 12.7. The maximum absolute atomic E-state index is 12.0. The second-order valence-corrected chi connectivity index (χ2v) is 5.66. The lowest BCUT2D eigenvalue weighted by Gasteiger charge is -2.21. The van der Waals surface area contributed by atoms with Gasteiger partial charge in [0, 0.05) is 6.54 Å². The first-order chi connectivity index (χ1) is 9.49. The van der Waals surface area contributed by atoms with Crippen molar-refractivity contribution in [3.05, 3.63) is 28.2 Å². The number of carbonyl (C=O) groups is 2. The molecule has 1 fully saturated rings. The van der Waals surface area contributed by atoms with Crippen LogP contribution >= 0.6 is 15.9 Å². The van der Waals surface area contributed by atoms with Crippen LogP contribution in [-0.2, 0) is 9.59 Å². The second kappa shape index (κ2) is 6.26. The fraction of sp³-hybridized carbons (Fsp3) is 0.429. The van der Waals surface area contributed by atoms with Crippen LogP contribution in [0, 0.1) is 6.92 Å². The van der Waals surface area contributed by atoms with E-state index in [0.717, 1.165) is 16.5 Å². The summed E-state index contributed by atoms with van der Waals surface area (Å²) in [6.07, 6.45) is 1.23. The van der Waals surface area contributed by atoms with Gasteiger partial charge in [-0.3, -0.25) is 4.79 Å². The number of rotatable bonds is 4. The van der Waals surface area contributed by atoms with E-state index in [4.69, 9.17) is 9.84 Å². The smallest absolute Gasteiger partial charge is 0.326 e. The van der Waals surface area contributed by atoms with E-state index in [1.54, 1.807) is 6.07 Å². The summed E-state index contributed by atoms with van der Waals surface area (Å²) in [4.78, 5) is 24.5. The fourth-order valence-corrected chi connectivity index (χ4v) is 2.87. The average Bonchev–Trinajstić information content (AvgIpc) is 2.86. The zero-order valence-electron chi connectivity index (χ0n) is 11.1. The van der Waals surface area contributed by atoms with Crippen LogP contribution in [0.25, 0.3) is 0 Å². The minimum Gasteiger partial charge on any atom is -0.483 e. The lowest BCUT2D eigenvalue weighted by Crippen LogP contribution is -2.42. The van der Waals surface area contributed by atoms with Gasteiger partial charge in [0.25, 0.3) is 5.91 Å². The molecule has 0 bridgehead atoms. The number of carboxylic acids is 1. The Morgan fingerprint density at radius 1 is 1.50 bits per heavy atom. The molecule has 0 radical (unpaired) electrons. The summed E-state index contributed by atoms with van der Waals surface area (Å²) in [5.74, 6) is -0.662. The number of hydrogen-bond acceptors (Lipinski definition) is 3. The van der Waals surface area contributed by atoms with Crippen molar-refractivity contribution in [3.8, 4) is 5.75 Å². The van der Waals surface area contributed by atoms with E-state index in [1.807, 2.05) is 19.1 Å². The number of aliphatic carboxylic acids is 1. The van der Waals surface area contributed by atoms with Crippen molar-refractivity contribution in [1.82, 2.24) is 4.90 Å². The number of ether oxygens (including phenoxy) is 1. The largest absolute Gasteiger partial charge is 0.483 e. The number of benzene rings is 1. The van der Waals surface area contributed by atoms with E-state index in [1.165, 1.54) is 4.90 Å². The van der Waals surface area contributed by atoms with Gasteiger partial charge in [0.15, 0.2) is 6.61 Å². The maximum Gasteiger partial charge on any atom is 0.326 e. The molecule has 0 aromatic heterocycles. The Kier molecular flexibility index (Phi) is 4.65. The summed E-state index contributed by atoms with van der Waals surface area (Å²) in [7, 11) is 0. The number of aryl methyl sites for hydroxylation is 1. The van der Waals surface area contributed by atoms with E-state index < -0.39 is 12.0 Å². The van der Waals surface area contributed by atoms with Gasteiger partial charge in [0.2, 0.25) is 0 Å². The predicted octanol–water partition coefficient (Wildman–Crippen LogP) is 2.21. The van der Waals surface area contributed by atoms with Gasteiger partial charge in [-0.2, -0.15) is 0 Å². The number of hydrogen-bond donors (Lipinski definition) is 1. The lowest BCUT2D eigenvalue weighted by atomic mass is 10.2. The van der Waals surface area contributed by atoms with Crippen molar-refractivity contribution in [2.45, 2.75) is 25.8 Å². The van der Waals surface area contributed by atoms with Crippen molar-refractivity contribution in [1.29, 1.82) is 0 Å². The molecule has 0 saturated carbocycles. The van der Waals surface area contributed by atoms with E-state index in [-0.39, 0.29) is 12.5 Å². The normalized spacial score (nSPS) is 18.1. The molecule has 108 valence electrons. The van der Waals surface area contributed by atoms with Crippen molar-refractivity contribution < 1.29 is 19.4 Å². The molecule has 2 rings (SSSR count). The Morgan fingerprint density at radius 3 is 2.90 bits per heavy atom. The number of nitrogens with zero attached hydrogens (tertiary/aromatic N) is 1. The SMILES string of the molecule is Cc1ccc(OCC(=O)N2CCC[C@@H]2C(=O)O)c(Br)c1. The van der Waals surface area contributed by atoms with Gasteiger partial charge in [0.05, 0.1) is 4.47 Å². The Bertz CT molecular complexity index is 532. The predicted molar refractivity (Wildman–Crippen MR) is 76.7 cm³/mol. The third kappa shape index (κ3) is 3.30. The molecule has 1 aromatic rings. The van der Waals surface area contributed by atoms with Gasteiger partial charge in [-0.05, 0) is 53.4 Å². The number of amides is 1. The monoisotopic (exact) mass is 341 g/mol. The van der Waals surface area contributed by atoms with Gasteiger partial charge in [-0.15, -0.1) is 0 Å². The van der Waals surface area contributed by atoms with Crippen molar-refractivity contribution in [3.63, 3.8) is 0 Å². The Morgan fingerprint density at radius 2 is 2.25 bits per heavy atom. The van der Waals surface area contributed by atoms with Crippen LogP contribution in [0.4, 0.5) is 0 Å². The van der Waals surface area contributed by atoms with E-state index in [0.29, 0.717) is 18.7 Å². The first-order valence-electron chi connectivity index (χ1n) is 6.40. The molecule has 0 aliphatic carbocycles. The fourth-order valence-electron chi connectivity index (χ4n) is 2.27. The molecule has 1 aliphatic rings. The number of likely N-dealkylation sites (tertiary alicyclic amines) is 1. The Balaban J connectivity index is 1.96. The molecular weight excluding hydrogens is 326 g/mol. The Labute approximate surface area is 125 Å². The van der Waals surface area contributed by atoms with Crippen LogP contribution in [0.2, 0.25) is 0 Å². The molecule has 1 saturated heterocycles. The van der Waals surface area contributed by atoms with Crippen LogP contribution in [0.5, 0.6) is 5.75 Å². The topological polar surface area (TPSA) is 66.8 Å². The molecule has 20 heavy (non-hydrogen) atoms. The van der Waals surface area contributed by atoms with Crippen LogP contribution in [0.15, 0.2) is 22.7 Å². The van der Waals surface area contributed by atoms with Crippen LogP contribution in [0.3, 0.4) is 0 Å². The standard InChI is InChI=1S/C14H16BrNO4/c1-9-4-5-12(10(15)7-9)20-8-13(17)16-6-2-3-11(16)14(18)19/h4-5,7,11H,2-3,6,8H2,1H3,(H,18,19)/t11-/m1/s1. The van der Waals surface area contributed by atoms with Gasteiger partial charge in [0.1, 0.15) is 11.8 Å². The molecule has 1 amide bonds. The van der Waals surface area contributed by atoms with Crippen LogP contribution in [0.1, 0.15) is 18.4 Å². The molecule has 0 unspecified atom stereocenters. The number of halogens is 1. The number of carboxylic acid groups (broad SMARTS) is 1. The van der Waals surface area contributed by atoms with Crippen molar-refractivity contribution in [2.24, 2.45) is 0 Å². The molecule has 1 heterocycles. The molecule has 6 heteroatoms. The molecule has 1 aromatic carbocycles. The summed E-state index contributed by atoms with van der Waals surface area (Å²) >= 11 is 3.37. The maximum atomic E-state index is 12.0. The quantitative estimate of drug-likeness (QED) is 0.911. The molecule has 0 spiro atoms. The number of carbonyl (C=O) groups excluding carboxylic acids is 1. The van der Waals surface area contributed by atoms with E-state index in [9.17, 15) is 9.59 Å². The Hall–Kier alpha value is -1.56. The molecule has 1 atom stereocenters. The highest BCUT2D eigenvalue weighted by atomic mass is 79.9. The third-order valence-corrected chi connectivity index (χ3v) is 3.92. The van der Waals surface area contributed by atoms with Crippen LogP contribution in [-0.4, -0.2) is 41.1 Å². The highest BCUT2D eigenvalue weighted by molar-refractivity contribution is 9.10. The van der Waals surface area contributed by atoms with Gasteiger partial charge in [-0.25, -0.2) is 4.79 Å². The van der Waals surface area contributed by atoms with Gasteiger partial charge >= 0.3 is 5.97 Å². The highest BCUT2D eigenvalue weighted by Gasteiger charge is 2.33. The van der Waals surface area contributed by atoms with Crippen molar-refractivity contribution >= 4 is 27.8 Å². The van der Waals surface area contributed by atoms with Gasteiger partial charge < -0.3 is 14.7 Å². The minimum atomic E-state index is -0.952. The summed E-state index contributed by atoms with van der Waals surface area (Å²) in [6.45, 7) is 2.29. The molecule has 5 nitrogen and oxygen atoms in total. The van der Waals surface area contributed by atoms with Crippen molar-refractivity contribution in [2.75, 3.05) is 13.2 Å². The summed E-state index contributed by atoms with van der Waals surface area (Å²) in [5, 5.41) is 9.05. The average molecular weight is 342 g/mol. The van der Waals surface area contributed by atoms with Crippen LogP contribution < -0.4 is 4.74 Å². The highest BCUT2D eigenvalue weighted by Crippen LogP contribution is 2.26. The first-order valence-corrected chi connectivity index (χ1v) is 7.19. The minimum absolute atomic E-state index is 0.147. The zero-order chi connectivity index (χ0) is 14.7. The van der Waals surface area contributed by atoms with E-state index in [2.05, 4.69) is 15.9 Å². The summed E-state index contributed by atoms with van der Waals surface area (Å²) in [5.41, 5.74) is 1.08. The lowest BCUT2D eigenvalue weighted by molar-refractivity contribution is -0.148. The molecular formula is C14H16BrNO4. The summed E-state index contributed by atoms with van der Waals surface area (Å²) < 4.78 is 6.24. The summed E-state index contributed by atoms with van der Waals surface area (Å²) in [6, 6.07) is 4.86. The van der Waals surface area contributed by atoms with E-state index >= 15 is 0 Å². The first kappa shape index (κ1) is 14.8. The molecule has 1 N–H and O–H groups in total. The third-order valence-electron chi connectivity index (χ3n) is 3.30. The molecule has 1 aliphatic heterocycles. The van der Waals surface area contributed by atoms with Gasteiger partial charge in [-0.1, -0.05) is 6.07 Å². The second-order valence-electron chi connectivity index (χ2n) is 4.81.